The molecular formula is C5H14MgO4S. The summed E-state index contributed by atoms with van der Waals surface area (Å²) in [5.41, 5.74) is 0. The van der Waals surface area contributed by atoms with E-state index >= 15 is 0 Å². The molecule has 4 nitrogen and oxygen atoms in total. The van der Waals surface area contributed by atoms with Crippen molar-refractivity contribution in [3.63, 3.8) is 0 Å². The van der Waals surface area contributed by atoms with Gasteiger partial charge in [-0.05, 0) is 6.42 Å². The fraction of sp³-hybridized carbons (Fsp3) is 1.00. The summed E-state index contributed by atoms with van der Waals surface area (Å²) < 4.78 is 32.0. The first-order valence-corrected chi connectivity index (χ1v) is 4.54. The van der Waals surface area contributed by atoms with Crippen LogP contribution in [0.1, 0.15) is 26.2 Å². The van der Waals surface area contributed by atoms with Gasteiger partial charge in [-0.1, -0.05) is 19.8 Å². The van der Waals surface area contributed by atoms with Crippen LogP contribution in [0.5, 0.6) is 0 Å². The molecule has 1 N–H and O–H groups in total. The minimum Gasteiger partial charge on any atom is -0.264 e. The quantitative estimate of drug-likeness (QED) is 0.383. The zero-order valence-corrected chi connectivity index (χ0v) is 6.73. The third kappa shape index (κ3) is 13.6. The molecule has 0 rings (SSSR count). The van der Waals surface area contributed by atoms with Crippen molar-refractivity contribution in [2.45, 2.75) is 26.2 Å². The minimum absolute atomic E-state index is 0. The van der Waals surface area contributed by atoms with E-state index in [9.17, 15) is 8.42 Å². The zero-order chi connectivity index (χ0) is 8.04. The number of hydrogen-bond acceptors (Lipinski definition) is 3. The molecule has 0 aromatic carbocycles. The summed E-state index contributed by atoms with van der Waals surface area (Å²) in [5, 5.41) is 0. The Morgan fingerprint density at radius 1 is 1.36 bits per heavy atom. The second-order valence-corrected chi connectivity index (χ2v) is 3.05. The molecule has 0 radical (unpaired) electrons. The molecular weight excluding hydrogens is 180 g/mol. The van der Waals surface area contributed by atoms with E-state index in [2.05, 4.69) is 4.18 Å². The lowest BCUT2D eigenvalue weighted by Gasteiger charge is -1.96. The second-order valence-electron chi connectivity index (χ2n) is 1.96. The Morgan fingerprint density at radius 2 is 1.91 bits per heavy atom. The van der Waals surface area contributed by atoms with E-state index in [1.54, 1.807) is 0 Å². The summed E-state index contributed by atoms with van der Waals surface area (Å²) in [6, 6.07) is 0. The van der Waals surface area contributed by atoms with Crippen molar-refractivity contribution in [2.24, 2.45) is 0 Å². The molecule has 0 bridgehead atoms. The minimum atomic E-state index is -4.20. The molecule has 6 heteroatoms. The summed E-state index contributed by atoms with van der Waals surface area (Å²) in [4.78, 5) is 0. The molecule has 66 valence electrons. The predicted octanol–water partition coefficient (Wildman–Crippen LogP) is 0.0798. The monoisotopic (exact) mass is 194 g/mol. The molecule has 0 aliphatic carbocycles. The Hall–Kier alpha value is 0.636. The standard InChI is InChI=1S/C5H12O4S.Mg.2H/c1-2-3-4-5-9-10(6,7)8;;;/h2-5H2,1H3,(H,6,7,8);;;. The Kier molecular flexibility index (Phi) is 9.40. The SMILES string of the molecule is CCCCCOS(=O)(=O)O.[MgH2]. The van der Waals surface area contributed by atoms with Crippen LogP contribution in [0.25, 0.3) is 0 Å². The largest absolute Gasteiger partial charge is 0.397 e. The van der Waals surface area contributed by atoms with E-state index in [0.29, 0.717) is 6.42 Å². The molecule has 0 aromatic rings. The van der Waals surface area contributed by atoms with Gasteiger partial charge in [-0.25, -0.2) is 4.18 Å². The zero-order valence-electron chi connectivity index (χ0n) is 5.91. The maximum Gasteiger partial charge on any atom is 0.397 e. The average Bonchev–Trinajstić information content (AvgIpc) is 1.78. The fourth-order valence-electron chi connectivity index (χ4n) is 0.516. The van der Waals surface area contributed by atoms with Gasteiger partial charge in [0.05, 0.1) is 6.61 Å². The van der Waals surface area contributed by atoms with Gasteiger partial charge < -0.3 is 0 Å². The first-order valence-electron chi connectivity index (χ1n) is 3.18. The van der Waals surface area contributed by atoms with Crippen LogP contribution in [0.4, 0.5) is 0 Å². The van der Waals surface area contributed by atoms with Crippen LogP contribution in [0.15, 0.2) is 0 Å². The second kappa shape index (κ2) is 7.29. The lowest BCUT2D eigenvalue weighted by Crippen LogP contribution is -2.04. The highest BCUT2D eigenvalue weighted by Crippen LogP contribution is 1.96. The molecule has 0 aliphatic rings. The topological polar surface area (TPSA) is 63.6 Å². The molecule has 0 unspecified atom stereocenters. The van der Waals surface area contributed by atoms with E-state index in [1.165, 1.54) is 0 Å². The Morgan fingerprint density at radius 3 is 2.27 bits per heavy atom. The summed E-state index contributed by atoms with van der Waals surface area (Å²) in [6.07, 6.45) is 2.57. The van der Waals surface area contributed by atoms with Gasteiger partial charge in [0.1, 0.15) is 0 Å². The highest BCUT2D eigenvalue weighted by molar-refractivity contribution is 7.80. The van der Waals surface area contributed by atoms with Crippen LogP contribution in [-0.2, 0) is 14.6 Å². The van der Waals surface area contributed by atoms with Gasteiger partial charge in [0.25, 0.3) is 0 Å². The van der Waals surface area contributed by atoms with Crippen molar-refractivity contribution in [2.75, 3.05) is 6.61 Å². The number of unbranched alkanes of at least 4 members (excludes halogenated alkanes) is 2. The van der Waals surface area contributed by atoms with Crippen LogP contribution < -0.4 is 0 Å². The van der Waals surface area contributed by atoms with Gasteiger partial charge in [0.15, 0.2) is 0 Å². The van der Waals surface area contributed by atoms with Crippen LogP contribution in [-0.4, -0.2) is 42.6 Å². The molecule has 0 amide bonds. The molecule has 11 heavy (non-hydrogen) atoms. The van der Waals surface area contributed by atoms with Crippen LogP contribution in [0.3, 0.4) is 0 Å². The summed E-state index contributed by atoms with van der Waals surface area (Å²) in [7, 11) is -4.20. The maximum atomic E-state index is 9.93. The molecule has 0 saturated carbocycles. The van der Waals surface area contributed by atoms with Crippen molar-refractivity contribution in [3.05, 3.63) is 0 Å². The predicted molar refractivity (Wildman–Crippen MR) is 45.6 cm³/mol. The highest BCUT2D eigenvalue weighted by Gasteiger charge is 2.01. The number of hydrogen-bond donors (Lipinski definition) is 1. The molecule has 0 atom stereocenters. The van der Waals surface area contributed by atoms with Gasteiger partial charge in [0.2, 0.25) is 0 Å². The Balaban J connectivity index is 0. The first-order chi connectivity index (χ1) is 4.56. The summed E-state index contributed by atoms with van der Waals surface area (Å²) in [5.74, 6) is 0. The van der Waals surface area contributed by atoms with Gasteiger partial charge >= 0.3 is 33.5 Å². The van der Waals surface area contributed by atoms with Crippen molar-refractivity contribution in [1.29, 1.82) is 0 Å². The lowest BCUT2D eigenvalue weighted by molar-refractivity contribution is 0.262. The van der Waals surface area contributed by atoms with Gasteiger partial charge in [-0.2, -0.15) is 8.42 Å². The van der Waals surface area contributed by atoms with Crippen LogP contribution in [0, 0.1) is 0 Å². The van der Waals surface area contributed by atoms with Crippen LogP contribution >= 0.6 is 0 Å². The fourth-order valence-corrected chi connectivity index (χ4v) is 0.845. The normalized spacial score (nSPS) is 10.7. The van der Waals surface area contributed by atoms with E-state index in [-0.39, 0.29) is 29.7 Å². The smallest absolute Gasteiger partial charge is 0.264 e. The Bertz CT molecular complexity index is 165. The molecule has 0 fully saturated rings. The average molecular weight is 195 g/mol. The molecule has 0 aromatic heterocycles. The summed E-state index contributed by atoms with van der Waals surface area (Å²) in [6.45, 7) is 2.07. The molecule has 0 aliphatic heterocycles. The highest BCUT2D eigenvalue weighted by atomic mass is 32.3. The third-order valence-electron chi connectivity index (χ3n) is 0.980. The van der Waals surface area contributed by atoms with Crippen molar-refractivity contribution >= 4 is 33.5 Å². The molecule has 0 heterocycles. The Labute approximate surface area is 83.4 Å². The van der Waals surface area contributed by atoms with E-state index in [0.717, 1.165) is 12.8 Å². The summed E-state index contributed by atoms with van der Waals surface area (Å²) >= 11 is 0. The van der Waals surface area contributed by atoms with E-state index < -0.39 is 10.4 Å². The van der Waals surface area contributed by atoms with Gasteiger partial charge in [-0.3, -0.25) is 4.55 Å². The van der Waals surface area contributed by atoms with Crippen molar-refractivity contribution < 1.29 is 17.2 Å². The molecule has 0 saturated heterocycles. The third-order valence-corrected chi connectivity index (χ3v) is 1.44. The first kappa shape index (κ1) is 14.2. The lowest BCUT2D eigenvalue weighted by atomic mass is 10.3. The number of rotatable bonds is 5. The molecule has 0 spiro atoms. The van der Waals surface area contributed by atoms with E-state index in [4.69, 9.17) is 4.55 Å². The van der Waals surface area contributed by atoms with Gasteiger partial charge in [-0.15, -0.1) is 0 Å². The van der Waals surface area contributed by atoms with Crippen molar-refractivity contribution in [1.82, 2.24) is 0 Å². The maximum absolute atomic E-state index is 9.93. The van der Waals surface area contributed by atoms with E-state index in [1.807, 2.05) is 6.92 Å². The van der Waals surface area contributed by atoms with Gasteiger partial charge in [0, 0.05) is 0 Å². The van der Waals surface area contributed by atoms with Crippen molar-refractivity contribution in [3.8, 4) is 0 Å². The van der Waals surface area contributed by atoms with Crippen LogP contribution in [0.2, 0.25) is 0 Å².